The van der Waals surface area contributed by atoms with Crippen molar-refractivity contribution in [2.45, 2.75) is 48.2 Å². The lowest BCUT2D eigenvalue weighted by molar-refractivity contribution is -0.387. The largest absolute Gasteiger partial charge is 0.283 e. The first-order valence-electron chi connectivity index (χ1n) is 13.6. The molecule has 1 N–H and O–H groups in total. The number of hydrogen-bond donors (Lipinski definition) is 1. The third-order valence-electron chi connectivity index (χ3n) is 7.09. The highest BCUT2D eigenvalue weighted by Crippen LogP contribution is 2.40. The third kappa shape index (κ3) is 6.65. The molecular weight excluding hydrogens is 627 g/mol. The van der Waals surface area contributed by atoms with E-state index in [2.05, 4.69) is 15.2 Å². The van der Waals surface area contributed by atoms with Crippen molar-refractivity contribution in [1.29, 1.82) is 0 Å². The number of benzene rings is 3. The van der Waals surface area contributed by atoms with Crippen LogP contribution in [0.3, 0.4) is 0 Å². The van der Waals surface area contributed by atoms with Gasteiger partial charge in [-0.3, -0.25) is 24.9 Å². The van der Waals surface area contributed by atoms with Gasteiger partial charge in [-0.25, -0.2) is 9.98 Å². The highest BCUT2D eigenvalue weighted by molar-refractivity contribution is 8.18. The average molecular weight is 652 g/mol. The number of carbonyl (C=O) groups excluding carboxylic acids is 1. The maximum absolute atomic E-state index is 13.7. The Morgan fingerprint density at radius 2 is 1.86 bits per heavy atom. The number of para-hydroxylation sites is 1. The Hall–Kier alpha value is -3.64. The molecule has 2 heterocycles. The number of nitrogens with zero attached hydrogens (tertiary/aromatic N) is 5. The van der Waals surface area contributed by atoms with E-state index in [1.165, 1.54) is 17.8 Å². The fourth-order valence-electron chi connectivity index (χ4n) is 5.04. The highest BCUT2D eigenvalue weighted by Gasteiger charge is 2.38. The van der Waals surface area contributed by atoms with Crippen LogP contribution in [0.1, 0.15) is 37.7 Å². The summed E-state index contributed by atoms with van der Waals surface area (Å²) in [5.74, 6) is 0.294. The van der Waals surface area contributed by atoms with Crippen molar-refractivity contribution >= 4 is 75.3 Å². The predicted octanol–water partition coefficient (Wildman–Crippen LogP) is 8.77. The van der Waals surface area contributed by atoms with Gasteiger partial charge in [-0.15, -0.1) is 5.10 Å². The standard InChI is InChI=1S/C30H24Cl2N6O3S2/c31-19-12-13-22(23(32)17-19)27-34-29(36-35-27)42-25-14-11-18(15-24(25)38(40)41)16-26-28(39)37(21-9-5-2-6-10-21)30(43-26)33-20-7-3-1-4-8-20/h1,3-4,7-8,11-17,21H,2,5-6,9-10H2,(H,34,35,36)/b26-16+,33-30?. The summed E-state index contributed by atoms with van der Waals surface area (Å²) in [7, 11) is 0. The number of aliphatic imine (C=N–C) groups is 1. The topological polar surface area (TPSA) is 117 Å². The molecule has 0 unspecified atom stereocenters. The number of nitro groups is 1. The van der Waals surface area contributed by atoms with Crippen LogP contribution in [0.4, 0.5) is 11.4 Å². The van der Waals surface area contributed by atoms with Crippen molar-refractivity contribution in [3.8, 4) is 11.4 Å². The molecule has 6 rings (SSSR count). The van der Waals surface area contributed by atoms with Gasteiger partial charge in [-0.2, -0.15) is 0 Å². The van der Waals surface area contributed by atoms with Crippen molar-refractivity contribution in [1.82, 2.24) is 20.1 Å². The molecule has 218 valence electrons. The van der Waals surface area contributed by atoms with E-state index < -0.39 is 4.92 Å². The van der Waals surface area contributed by atoms with Crippen molar-refractivity contribution in [3.63, 3.8) is 0 Å². The predicted molar refractivity (Wildman–Crippen MR) is 172 cm³/mol. The van der Waals surface area contributed by atoms with E-state index in [0.29, 0.717) is 47.1 Å². The Bertz CT molecular complexity index is 1760. The van der Waals surface area contributed by atoms with E-state index in [1.54, 1.807) is 36.4 Å². The molecule has 1 aromatic heterocycles. The summed E-state index contributed by atoms with van der Waals surface area (Å²) in [6.07, 6.45) is 6.86. The maximum Gasteiger partial charge on any atom is 0.283 e. The quantitative estimate of drug-likeness (QED) is 0.121. The summed E-state index contributed by atoms with van der Waals surface area (Å²) in [6, 6.07) is 19.5. The number of amidine groups is 1. The molecule has 4 aromatic rings. The molecular formula is C30H24Cl2N6O3S2. The fourth-order valence-corrected chi connectivity index (χ4v) is 7.39. The third-order valence-corrected chi connectivity index (χ3v) is 9.55. The molecule has 9 nitrogen and oxygen atoms in total. The second-order valence-corrected chi connectivity index (χ2v) is 12.8. The molecule has 0 spiro atoms. The molecule has 2 fully saturated rings. The Morgan fingerprint density at radius 3 is 2.60 bits per heavy atom. The van der Waals surface area contributed by atoms with Crippen LogP contribution in [0, 0.1) is 10.1 Å². The van der Waals surface area contributed by atoms with Gasteiger partial charge in [0.2, 0.25) is 5.16 Å². The minimum atomic E-state index is -0.450. The van der Waals surface area contributed by atoms with Crippen LogP contribution in [0.5, 0.6) is 0 Å². The van der Waals surface area contributed by atoms with Crippen molar-refractivity contribution in [2.75, 3.05) is 0 Å². The normalized spacial score (nSPS) is 17.7. The zero-order valence-corrected chi connectivity index (χ0v) is 25.7. The number of H-pyrrole nitrogens is 1. The monoisotopic (exact) mass is 650 g/mol. The molecule has 1 saturated heterocycles. The Morgan fingerprint density at radius 1 is 1.07 bits per heavy atom. The number of rotatable bonds is 7. The lowest BCUT2D eigenvalue weighted by atomic mass is 9.94. The number of thioether (sulfide) groups is 1. The van der Waals surface area contributed by atoms with E-state index in [9.17, 15) is 14.9 Å². The van der Waals surface area contributed by atoms with Gasteiger partial charge in [0.1, 0.15) is 0 Å². The van der Waals surface area contributed by atoms with Crippen LogP contribution in [0.25, 0.3) is 17.5 Å². The first-order valence-corrected chi connectivity index (χ1v) is 16.0. The summed E-state index contributed by atoms with van der Waals surface area (Å²) < 4.78 is 0. The Labute approximate surface area is 265 Å². The molecule has 0 bridgehead atoms. The molecule has 0 radical (unpaired) electrons. The molecule has 1 aliphatic carbocycles. The van der Waals surface area contributed by atoms with Crippen LogP contribution < -0.4 is 0 Å². The van der Waals surface area contributed by atoms with Gasteiger partial charge in [-0.05, 0) is 84.4 Å². The van der Waals surface area contributed by atoms with Crippen LogP contribution in [-0.4, -0.2) is 42.1 Å². The summed E-state index contributed by atoms with van der Waals surface area (Å²) in [4.78, 5) is 37.2. The van der Waals surface area contributed by atoms with E-state index in [0.717, 1.165) is 49.6 Å². The second-order valence-electron chi connectivity index (χ2n) is 9.98. The zero-order chi connectivity index (χ0) is 29.9. The smallest absolute Gasteiger partial charge is 0.283 e. The molecule has 2 aliphatic rings. The zero-order valence-electron chi connectivity index (χ0n) is 22.6. The number of halogens is 2. The van der Waals surface area contributed by atoms with Gasteiger partial charge in [-0.1, -0.05) is 66.7 Å². The van der Waals surface area contributed by atoms with Gasteiger partial charge < -0.3 is 0 Å². The number of nitro benzene ring substituents is 1. The Kier molecular flexibility index (Phi) is 8.85. The molecule has 43 heavy (non-hydrogen) atoms. The van der Waals surface area contributed by atoms with Crippen LogP contribution in [0.2, 0.25) is 10.0 Å². The summed E-state index contributed by atoms with van der Waals surface area (Å²) in [5, 5.41) is 20.9. The minimum Gasteiger partial charge on any atom is -0.283 e. The SMILES string of the molecule is O=C1/C(=C\c2ccc(Sc3n[nH]c(-c4ccc(Cl)cc4Cl)n3)c([N+](=O)[O-])c2)SC(=Nc2ccccc2)N1C1CCCCC1. The highest BCUT2D eigenvalue weighted by atomic mass is 35.5. The van der Waals surface area contributed by atoms with E-state index in [1.807, 2.05) is 35.2 Å². The molecule has 0 atom stereocenters. The number of aromatic amines is 1. The molecule has 1 aliphatic heterocycles. The lowest BCUT2D eigenvalue weighted by Gasteiger charge is -2.30. The second kappa shape index (κ2) is 12.9. The van der Waals surface area contributed by atoms with Gasteiger partial charge in [0, 0.05) is 22.7 Å². The van der Waals surface area contributed by atoms with Crippen molar-refractivity contribution in [2.24, 2.45) is 4.99 Å². The van der Waals surface area contributed by atoms with Crippen LogP contribution in [0.15, 0.2) is 86.7 Å². The van der Waals surface area contributed by atoms with E-state index in [-0.39, 0.29) is 17.6 Å². The van der Waals surface area contributed by atoms with Gasteiger partial charge in [0.05, 0.1) is 25.4 Å². The molecule has 1 saturated carbocycles. The van der Waals surface area contributed by atoms with E-state index in [4.69, 9.17) is 28.2 Å². The molecule has 1 amide bonds. The average Bonchev–Trinajstić information content (AvgIpc) is 3.58. The summed E-state index contributed by atoms with van der Waals surface area (Å²) in [5.41, 5.74) is 1.80. The first kappa shape index (κ1) is 29.4. The van der Waals surface area contributed by atoms with Crippen LogP contribution in [-0.2, 0) is 4.79 Å². The maximum atomic E-state index is 13.7. The van der Waals surface area contributed by atoms with Crippen molar-refractivity contribution in [3.05, 3.63) is 97.4 Å². The van der Waals surface area contributed by atoms with Gasteiger partial charge in [0.15, 0.2) is 11.0 Å². The van der Waals surface area contributed by atoms with E-state index >= 15 is 0 Å². The minimum absolute atomic E-state index is 0.0872. The fraction of sp³-hybridized carbons (Fsp3) is 0.200. The van der Waals surface area contributed by atoms with Gasteiger partial charge >= 0.3 is 0 Å². The van der Waals surface area contributed by atoms with Crippen molar-refractivity contribution < 1.29 is 9.72 Å². The Balaban J connectivity index is 1.27. The number of nitrogens with one attached hydrogen (secondary N) is 1. The number of hydrogen-bond acceptors (Lipinski definition) is 8. The first-order chi connectivity index (χ1) is 20.9. The molecule has 3 aromatic carbocycles. The lowest BCUT2D eigenvalue weighted by Crippen LogP contribution is -2.40. The number of amides is 1. The van der Waals surface area contributed by atoms with Crippen LogP contribution >= 0.6 is 46.7 Å². The summed E-state index contributed by atoms with van der Waals surface area (Å²) in [6.45, 7) is 0. The van der Waals surface area contributed by atoms with Gasteiger partial charge in [0.25, 0.3) is 11.6 Å². The number of aromatic nitrogens is 3. The molecule has 13 heteroatoms. The number of carbonyl (C=O) groups is 1. The summed E-state index contributed by atoms with van der Waals surface area (Å²) >= 11 is 14.6.